The van der Waals surface area contributed by atoms with E-state index in [2.05, 4.69) is 0 Å². The normalized spacial score (nSPS) is 13.6. The molecule has 5 nitrogen and oxygen atoms in total. The largest absolute Gasteiger partial charge is 0.507 e. The number of hydrogen-bond donors (Lipinski definition) is 1. The Morgan fingerprint density at radius 2 is 2.09 bits per heavy atom. The lowest BCUT2D eigenvalue weighted by atomic mass is 10.0. The molecule has 3 rings (SSSR count). The van der Waals surface area contributed by atoms with Crippen LogP contribution in [-0.4, -0.2) is 15.5 Å². The maximum absolute atomic E-state index is 12.6. The van der Waals surface area contributed by atoms with Crippen molar-refractivity contribution in [2.24, 2.45) is 0 Å². The third kappa shape index (κ3) is 2.40. The van der Waals surface area contributed by atoms with Crippen LogP contribution in [0.3, 0.4) is 0 Å². The van der Waals surface area contributed by atoms with E-state index in [0.717, 1.165) is 18.4 Å². The van der Waals surface area contributed by atoms with Gasteiger partial charge in [-0.3, -0.25) is 9.59 Å². The summed E-state index contributed by atoms with van der Waals surface area (Å²) in [7, 11) is 0. The number of nitriles is 1. The third-order valence-corrected chi connectivity index (χ3v) is 3.76. The molecular weight excluding hydrogens is 280 g/mol. The van der Waals surface area contributed by atoms with Gasteiger partial charge >= 0.3 is 0 Å². The van der Waals surface area contributed by atoms with Crippen LogP contribution >= 0.6 is 0 Å². The highest BCUT2D eigenvalue weighted by Crippen LogP contribution is 2.34. The zero-order valence-corrected chi connectivity index (χ0v) is 12.0. The van der Waals surface area contributed by atoms with Crippen molar-refractivity contribution in [3.8, 4) is 11.8 Å². The number of aromatic hydroxyl groups is 1. The Balaban J connectivity index is 2.14. The second-order valence-corrected chi connectivity index (χ2v) is 5.55. The summed E-state index contributed by atoms with van der Waals surface area (Å²) >= 11 is 0. The van der Waals surface area contributed by atoms with Gasteiger partial charge < -0.3 is 9.67 Å². The number of rotatable bonds is 3. The number of benzene rings is 1. The molecule has 2 aromatic rings. The summed E-state index contributed by atoms with van der Waals surface area (Å²) in [4.78, 5) is 24.7. The van der Waals surface area contributed by atoms with Crippen LogP contribution in [0.4, 0.5) is 0 Å². The van der Waals surface area contributed by atoms with Gasteiger partial charge in [-0.25, -0.2) is 0 Å². The van der Waals surface area contributed by atoms with E-state index in [1.165, 1.54) is 22.9 Å². The molecule has 1 saturated carbocycles. The molecule has 0 amide bonds. The molecule has 0 spiro atoms. The first-order valence-electron chi connectivity index (χ1n) is 7.02. The molecule has 0 aliphatic heterocycles. The van der Waals surface area contributed by atoms with E-state index in [9.17, 15) is 14.7 Å². The van der Waals surface area contributed by atoms with Gasteiger partial charge in [-0.2, -0.15) is 5.26 Å². The second kappa shape index (κ2) is 5.15. The lowest BCUT2D eigenvalue weighted by Gasteiger charge is -2.09. The molecular formula is C17H14N2O3. The number of carbonyl (C=O) groups is 1. The Bertz CT molecular complexity index is 870. The summed E-state index contributed by atoms with van der Waals surface area (Å²) in [6, 6.07) is 7.97. The quantitative estimate of drug-likeness (QED) is 0.880. The lowest BCUT2D eigenvalue weighted by Crippen LogP contribution is -2.23. The van der Waals surface area contributed by atoms with Gasteiger partial charge in [0.05, 0.1) is 5.56 Å². The molecule has 1 aliphatic rings. The Morgan fingerprint density at radius 3 is 2.73 bits per heavy atom. The second-order valence-electron chi connectivity index (χ2n) is 5.55. The first-order chi connectivity index (χ1) is 10.5. The lowest BCUT2D eigenvalue weighted by molar-refractivity contribution is 0.103. The van der Waals surface area contributed by atoms with Gasteiger partial charge in [0, 0.05) is 17.8 Å². The summed E-state index contributed by atoms with van der Waals surface area (Å²) in [5, 5.41) is 19.0. The van der Waals surface area contributed by atoms with E-state index in [1.54, 1.807) is 12.1 Å². The van der Waals surface area contributed by atoms with E-state index >= 15 is 0 Å². The first kappa shape index (κ1) is 14.1. The molecule has 1 heterocycles. The van der Waals surface area contributed by atoms with Crippen molar-refractivity contribution in [2.75, 3.05) is 0 Å². The molecule has 0 saturated heterocycles. The van der Waals surface area contributed by atoms with Crippen molar-refractivity contribution in [1.29, 1.82) is 5.26 Å². The SMILES string of the molecule is Cc1ccc(O)c(C(=O)c2cc(C#N)c(=O)n(C3CC3)c2)c1. The molecule has 0 bridgehead atoms. The monoisotopic (exact) mass is 294 g/mol. The summed E-state index contributed by atoms with van der Waals surface area (Å²) in [6.45, 7) is 1.82. The topological polar surface area (TPSA) is 83.1 Å². The summed E-state index contributed by atoms with van der Waals surface area (Å²) in [5.41, 5.74) is 0.839. The Hall–Kier alpha value is -2.87. The number of ketones is 1. The highest BCUT2D eigenvalue weighted by Gasteiger charge is 2.27. The van der Waals surface area contributed by atoms with Crippen LogP contribution in [0.5, 0.6) is 5.75 Å². The number of nitrogens with zero attached hydrogens (tertiary/aromatic N) is 2. The van der Waals surface area contributed by atoms with E-state index < -0.39 is 5.78 Å². The van der Waals surface area contributed by atoms with Gasteiger partial charge in [0.1, 0.15) is 17.4 Å². The predicted octanol–water partition coefficient (Wildman–Crippen LogP) is 2.30. The molecule has 1 fully saturated rings. The fourth-order valence-corrected chi connectivity index (χ4v) is 2.42. The van der Waals surface area contributed by atoms with E-state index in [-0.39, 0.29) is 34.0 Å². The molecule has 1 N–H and O–H groups in total. The molecule has 0 atom stereocenters. The highest BCUT2D eigenvalue weighted by atomic mass is 16.3. The number of pyridine rings is 1. The highest BCUT2D eigenvalue weighted by molar-refractivity contribution is 6.10. The van der Waals surface area contributed by atoms with Gasteiger partial charge in [0.15, 0.2) is 5.78 Å². The van der Waals surface area contributed by atoms with Gasteiger partial charge in [-0.15, -0.1) is 0 Å². The van der Waals surface area contributed by atoms with Crippen molar-refractivity contribution in [2.45, 2.75) is 25.8 Å². The van der Waals surface area contributed by atoms with Crippen LogP contribution in [0.2, 0.25) is 0 Å². The Morgan fingerprint density at radius 1 is 1.36 bits per heavy atom. The van der Waals surface area contributed by atoms with E-state index in [0.29, 0.717) is 0 Å². The Kier molecular flexibility index (Phi) is 3.30. The zero-order valence-electron chi connectivity index (χ0n) is 12.0. The summed E-state index contributed by atoms with van der Waals surface area (Å²) < 4.78 is 1.46. The number of aromatic nitrogens is 1. The average molecular weight is 294 g/mol. The van der Waals surface area contributed by atoms with Crippen LogP contribution in [-0.2, 0) is 0 Å². The van der Waals surface area contributed by atoms with E-state index in [1.807, 2.05) is 13.0 Å². The van der Waals surface area contributed by atoms with Gasteiger partial charge in [-0.05, 0) is 38.0 Å². The maximum atomic E-state index is 12.6. The van der Waals surface area contributed by atoms with Gasteiger partial charge in [0.25, 0.3) is 5.56 Å². The predicted molar refractivity (Wildman–Crippen MR) is 80.0 cm³/mol. The van der Waals surface area contributed by atoms with Crippen LogP contribution in [0.15, 0.2) is 35.3 Å². The maximum Gasteiger partial charge on any atom is 0.268 e. The van der Waals surface area contributed by atoms with Crippen LogP contribution in [0.25, 0.3) is 0 Å². The number of phenolic OH excluding ortho intramolecular Hbond substituents is 1. The van der Waals surface area contributed by atoms with Crippen LogP contribution in [0, 0.1) is 18.3 Å². The minimum Gasteiger partial charge on any atom is -0.507 e. The fourth-order valence-electron chi connectivity index (χ4n) is 2.42. The average Bonchev–Trinajstić information content (AvgIpc) is 3.34. The zero-order chi connectivity index (χ0) is 15.9. The van der Waals surface area contributed by atoms with Gasteiger partial charge in [0.2, 0.25) is 0 Å². The number of hydrogen-bond acceptors (Lipinski definition) is 4. The van der Waals surface area contributed by atoms with Crippen molar-refractivity contribution >= 4 is 5.78 Å². The molecule has 0 radical (unpaired) electrons. The molecule has 0 unspecified atom stereocenters. The molecule has 110 valence electrons. The minimum atomic E-state index is -0.396. The molecule has 1 aromatic carbocycles. The first-order valence-corrected chi connectivity index (χ1v) is 7.02. The fraction of sp³-hybridized carbons (Fsp3) is 0.235. The van der Waals surface area contributed by atoms with Crippen molar-refractivity contribution in [3.05, 3.63) is 63.1 Å². The standard InChI is InChI=1S/C17H14N2O3/c1-10-2-5-15(20)14(6-10)16(21)12-7-11(8-18)17(22)19(9-12)13-3-4-13/h2,5-7,9,13,20H,3-4H2,1H3. The summed E-state index contributed by atoms with van der Waals surface area (Å²) in [5.74, 6) is -0.509. The molecule has 5 heteroatoms. The van der Waals surface area contributed by atoms with Crippen LogP contribution < -0.4 is 5.56 Å². The Labute approximate surface area is 127 Å². The molecule has 1 aliphatic carbocycles. The molecule has 22 heavy (non-hydrogen) atoms. The number of aryl methyl sites for hydroxylation is 1. The minimum absolute atomic E-state index is 0.0510. The molecule has 1 aromatic heterocycles. The van der Waals surface area contributed by atoms with Crippen LogP contribution in [0.1, 0.15) is 45.9 Å². The summed E-state index contributed by atoms with van der Waals surface area (Å²) in [6.07, 6.45) is 3.24. The number of carbonyl (C=O) groups excluding carboxylic acids is 1. The van der Waals surface area contributed by atoms with E-state index in [4.69, 9.17) is 5.26 Å². The smallest absolute Gasteiger partial charge is 0.268 e. The van der Waals surface area contributed by atoms with Gasteiger partial charge in [-0.1, -0.05) is 11.6 Å². The number of phenols is 1. The van der Waals surface area contributed by atoms with Crippen molar-refractivity contribution in [3.63, 3.8) is 0 Å². The van der Waals surface area contributed by atoms with Crippen molar-refractivity contribution in [1.82, 2.24) is 4.57 Å². The van der Waals surface area contributed by atoms with Crippen molar-refractivity contribution < 1.29 is 9.90 Å². The third-order valence-electron chi connectivity index (χ3n) is 3.76.